The van der Waals surface area contributed by atoms with Gasteiger partial charge in [0.25, 0.3) is 0 Å². The van der Waals surface area contributed by atoms with Gasteiger partial charge in [0.05, 0.1) is 23.4 Å². The molecule has 0 atom stereocenters. The number of ether oxygens (including phenoxy) is 2. The van der Waals surface area contributed by atoms with Crippen LogP contribution in [0.5, 0.6) is 5.75 Å². The van der Waals surface area contributed by atoms with E-state index in [0.717, 1.165) is 20.9 Å². The van der Waals surface area contributed by atoms with Crippen LogP contribution in [0.15, 0.2) is 24.4 Å². The number of esters is 1. The molecule has 5 nitrogen and oxygen atoms in total. The van der Waals surface area contributed by atoms with Crippen molar-refractivity contribution in [2.45, 2.75) is 13.8 Å². The van der Waals surface area contributed by atoms with Gasteiger partial charge in [-0.1, -0.05) is 11.3 Å². The summed E-state index contributed by atoms with van der Waals surface area (Å²) in [5.74, 6) is 0.456. The molecule has 0 bridgehead atoms. The van der Waals surface area contributed by atoms with Gasteiger partial charge in [-0.15, -0.1) is 0 Å². The lowest BCUT2D eigenvalue weighted by Gasteiger charge is -2.01. The van der Waals surface area contributed by atoms with Gasteiger partial charge >= 0.3 is 5.97 Å². The first-order valence-electron chi connectivity index (χ1n) is 6.44. The molecule has 6 heteroatoms. The van der Waals surface area contributed by atoms with E-state index >= 15 is 0 Å². The van der Waals surface area contributed by atoms with Gasteiger partial charge in [0.2, 0.25) is 0 Å². The lowest BCUT2D eigenvalue weighted by Crippen LogP contribution is -2.04. The summed E-state index contributed by atoms with van der Waals surface area (Å²) in [6, 6.07) is 5.88. The largest absolute Gasteiger partial charge is 0.494 e. The lowest BCUT2D eigenvalue weighted by molar-refractivity contribution is 0.0520. The summed E-state index contributed by atoms with van der Waals surface area (Å²) in [6.07, 6.45) is 1.71. The van der Waals surface area contributed by atoms with E-state index < -0.39 is 0 Å². The standard InChI is InChI=1S/C14H14N2O3S/c1-3-18-9-5-6-11-12(7-9)20-14-15-10(8-16(11)14)13(17)19-4-2/h5-8H,3-4H2,1-2H3. The van der Waals surface area contributed by atoms with E-state index in [1.54, 1.807) is 13.1 Å². The molecule has 0 amide bonds. The molecule has 0 unspecified atom stereocenters. The molecule has 3 rings (SSSR count). The van der Waals surface area contributed by atoms with Crippen molar-refractivity contribution < 1.29 is 14.3 Å². The van der Waals surface area contributed by atoms with Crippen LogP contribution >= 0.6 is 11.3 Å². The van der Waals surface area contributed by atoms with E-state index in [1.807, 2.05) is 29.5 Å². The SMILES string of the molecule is CCOC(=O)c1cn2c(n1)sc1cc(OCC)ccc12. The number of fused-ring (bicyclic) bond motifs is 3. The Hall–Kier alpha value is -2.08. The number of nitrogens with zero attached hydrogens (tertiary/aromatic N) is 2. The zero-order chi connectivity index (χ0) is 14.1. The molecule has 0 N–H and O–H groups in total. The molecule has 3 aromatic rings. The van der Waals surface area contributed by atoms with Crippen molar-refractivity contribution >= 4 is 32.5 Å². The molecule has 0 spiro atoms. The predicted molar refractivity (Wildman–Crippen MR) is 77.7 cm³/mol. The van der Waals surface area contributed by atoms with Crippen molar-refractivity contribution in [3.05, 3.63) is 30.1 Å². The monoisotopic (exact) mass is 290 g/mol. The molecule has 0 saturated carbocycles. The zero-order valence-electron chi connectivity index (χ0n) is 11.3. The molecule has 2 heterocycles. The zero-order valence-corrected chi connectivity index (χ0v) is 12.1. The van der Waals surface area contributed by atoms with Crippen molar-refractivity contribution in [3.63, 3.8) is 0 Å². The summed E-state index contributed by atoms with van der Waals surface area (Å²) >= 11 is 1.52. The Labute approximate surface area is 119 Å². The van der Waals surface area contributed by atoms with Crippen LogP contribution in [0.2, 0.25) is 0 Å². The van der Waals surface area contributed by atoms with Gasteiger partial charge in [-0.2, -0.15) is 0 Å². The number of carbonyl (C=O) groups is 1. The summed E-state index contributed by atoms with van der Waals surface area (Å²) in [5.41, 5.74) is 1.35. The highest BCUT2D eigenvalue weighted by Crippen LogP contribution is 2.29. The Bertz CT molecular complexity index is 775. The average Bonchev–Trinajstić information content (AvgIpc) is 2.96. The van der Waals surface area contributed by atoms with Crippen LogP contribution in [-0.4, -0.2) is 28.6 Å². The number of hydrogen-bond donors (Lipinski definition) is 0. The molecule has 0 saturated heterocycles. The number of aromatic nitrogens is 2. The highest BCUT2D eigenvalue weighted by molar-refractivity contribution is 7.23. The molecule has 20 heavy (non-hydrogen) atoms. The fourth-order valence-corrected chi connectivity index (χ4v) is 3.08. The summed E-state index contributed by atoms with van der Waals surface area (Å²) in [5, 5.41) is 0. The second kappa shape index (κ2) is 5.13. The first kappa shape index (κ1) is 12.9. The normalized spacial score (nSPS) is 11.1. The summed E-state index contributed by atoms with van der Waals surface area (Å²) < 4.78 is 13.4. The Morgan fingerprint density at radius 2 is 2.20 bits per heavy atom. The number of carbonyl (C=O) groups excluding carboxylic acids is 1. The Morgan fingerprint density at radius 1 is 1.35 bits per heavy atom. The minimum atomic E-state index is -0.387. The van der Waals surface area contributed by atoms with E-state index in [1.165, 1.54) is 11.3 Å². The maximum atomic E-state index is 11.7. The van der Waals surface area contributed by atoms with Crippen molar-refractivity contribution in [1.82, 2.24) is 9.38 Å². The van der Waals surface area contributed by atoms with Crippen LogP contribution in [0.1, 0.15) is 24.3 Å². The number of benzene rings is 1. The minimum Gasteiger partial charge on any atom is -0.494 e. The van der Waals surface area contributed by atoms with Gasteiger partial charge in [-0.3, -0.25) is 4.40 Å². The van der Waals surface area contributed by atoms with Gasteiger partial charge in [0, 0.05) is 6.20 Å². The minimum absolute atomic E-state index is 0.342. The number of hydrogen-bond acceptors (Lipinski definition) is 5. The van der Waals surface area contributed by atoms with E-state index in [0.29, 0.717) is 18.9 Å². The van der Waals surface area contributed by atoms with Crippen LogP contribution in [0.3, 0.4) is 0 Å². The first-order chi connectivity index (χ1) is 9.72. The fourth-order valence-electron chi connectivity index (χ4n) is 2.04. The second-order valence-corrected chi connectivity index (χ2v) is 5.17. The quantitative estimate of drug-likeness (QED) is 0.693. The van der Waals surface area contributed by atoms with E-state index in [-0.39, 0.29) is 5.97 Å². The van der Waals surface area contributed by atoms with E-state index in [2.05, 4.69) is 4.98 Å². The van der Waals surface area contributed by atoms with Gasteiger partial charge in [0.15, 0.2) is 10.7 Å². The van der Waals surface area contributed by atoms with Crippen molar-refractivity contribution in [3.8, 4) is 5.75 Å². The third kappa shape index (κ3) is 2.12. The van der Waals surface area contributed by atoms with Crippen LogP contribution in [-0.2, 0) is 4.74 Å². The maximum absolute atomic E-state index is 11.7. The summed E-state index contributed by atoms with van der Waals surface area (Å²) in [6.45, 7) is 4.72. The van der Waals surface area contributed by atoms with Gasteiger partial charge in [-0.05, 0) is 32.0 Å². The molecule has 0 fully saturated rings. The average molecular weight is 290 g/mol. The molecule has 0 aliphatic rings. The molecule has 1 aromatic carbocycles. The Balaban J connectivity index is 2.06. The van der Waals surface area contributed by atoms with Crippen LogP contribution in [0, 0.1) is 0 Å². The number of imidazole rings is 1. The van der Waals surface area contributed by atoms with Crippen LogP contribution in [0.25, 0.3) is 15.2 Å². The number of thiazole rings is 1. The molecule has 0 aliphatic carbocycles. The lowest BCUT2D eigenvalue weighted by atomic mass is 10.3. The van der Waals surface area contributed by atoms with Crippen molar-refractivity contribution in [2.75, 3.05) is 13.2 Å². The highest BCUT2D eigenvalue weighted by atomic mass is 32.1. The molecular weight excluding hydrogens is 276 g/mol. The van der Waals surface area contributed by atoms with Crippen molar-refractivity contribution in [2.24, 2.45) is 0 Å². The third-order valence-electron chi connectivity index (χ3n) is 2.86. The van der Waals surface area contributed by atoms with Crippen LogP contribution < -0.4 is 4.74 Å². The summed E-state index contributed by atoms with van der Waals surface area (Å²) in [4.78, 5) is 16.8. The molecule has 0 radical (unpaired) electrons. The van der Waals surface area contributed by atoms with E-state index in [4.69, 9.17) is 9.47 Å². The number of rotatable bonds is 4. The second-order valence-electron chi connectivity index (χ2n) is 4.16. The fraction of sp³-hybridized carbons (Fsp3) is 0.286. The van der Waals surface area contributed by atoms with Gasteiger partial charge < -0.3 is 9.47 Å². The molecule has 104 valence electrons. The highest BCUT2D eigenvalue weighted by Gasteiger charge is 2.15. The maximum Gasteiger partial charge on any atom is 0.358 e. The van der Waals surface area contributed by atoms with Gasteiger partial charge in [-0.25, -0.2) is 9.78 Å². The topological polar surface area (TPSA) is 52.8 Å². The predicted octanol–water partition coefficient (Wildman–Crippen LogP) is 3.12. The Kier molecular flexibility index (Phi) is 3.31. The van der Waals surface area contributed by atoms with Gasteiger partial charge in [0.1, 0.15) is 5.75 Å². The van der Waals surface area contributed by atoms with Crippen molar-refractivity contribution in [1.29, 1.82) is 0 Å². The summed E-state index contributed by atoms with van der Waals surface area (Å²) in [7, 11) is 0. The third-order valence-corrected chi connectivity index (χ3v) is 3.88. The first-order valence-corrected chi connectivity index (χ1v) is 7.26. The molecular formula is C14H14N2O3S. The Morgan fingerprint density at radius 3 is 2.95 bits per heavy atom. The molecule has 2 aromatic heterocycles. The van der Waals surface area contributed by atoms with E-state index in [9.17, 15) is 4.79 Å². The smallest absolute Gasteiger partial charge is 0.358 e. The molecule has 0 aliphatic heterocycles. The van der Waals surface area contributed by atoms with Crippen LogP contribution in [0.4, 0.5) is 0 Å².